The van der Waals surface area contributed by atoms with Crippen molar-refractivity contribution in [1.29, 1.82) is 0 Å². The van der Waals surface area contributed by atoms with Gasteiger partial charge in [-0.25, -0.2) is 0 Å². The molecular formula is C22H18F3NO2. The van der Waals surface area contributed by atoms with Crippen LogP contribution in [-0.2, 0) is 0 Å². The van der Waals surface area contributed by atoms with Crippen molar-refractivity contribution in [2.45, 2.75) is 25.4 Å². The van der Waals surface area contributed by atoms with E-state index in [2.05, 4.69) is 0 Å². The zero-order chi connectivity index (χ0) is 19.9. The van der Waals surface area contributed by atoms with Crippen LogP contribution in [-0.4, -0.2) is 16.1 Å². The second-order valence-electron chi connectivity index (χ2n) is 6.85. The standard InChI is InChI=1S/C22H18F3NO2/c1-14-9-10-16-18(12-14)26(27)21(15-6-3-2-4-7-15)20(16)17(13-22(23,24)25)19-8-5-11-28-19/h2-12,17,27H,13H2,1H3. The van der Waals surface area contributed by atoms with Crippen molar-refractivity contribution in [2.75, 3.05) is 0 Å². The Morgan fingerprint density at radius 2 is 1.79 bits per heavy atom. The van der Waals surface area contributed by atoms with Gasteiger partial charge in [0.05, 0.1) is 29.8 Å². The molecule has 0 aliphatic rings. The Morgan fingerprint density at radius 1 is 1.04 bits per heavy atom. The van der Waals surface area contributed by atoms with Gasteiger partial charge in [0, 0.05) is 16.5 Å². The summed E-state index contributed by atoms with van der Waals surface area (Å²) >= 11 is 0. The molecule has 0 saturated carbocycles. The highest BCUT2D eigenvalue weighted by atomic mass is 19.4. The summed E-state index contributed by atoms with van der Waals surface area (Å²) < 4.78 is 46.8. The predicted octanol–water partition coefficient (Wildman–Crippen LogP) is 6.53. The molecule has 0 saturated heterocycles. The summed E-state index contributed by atoms with van der Waals surface area (Å²) in [6, 6.07) is 17.4. The Labute approximate surface area is 159 Å². The van der Waals surface area contributed by atoms with Crippen LogP contribution in [0.3, 0.4) is 0 Å². The molecule has 2 heterocycles. The van der Waals surface area contributed by atoms with E-state index in [1.807, 2.05) is 19.1 Å². The summed E-state index contributed by atoms with van der Waals surface area (Å²) in [7, 11) is 0. The summed E-state index contributed by atoms with van der Waals surface area (Å²) in [5, 5.41) is 11.5. The maximum atomic E-state index is 13.5. The molecule has 6 heteroatoms. The van der Waals surface area contributed by atoms with Crippen LogP contribution in [0.15, 0.2) is 71.3 Å². The van der Waals surface area contributed by atoms with E-state index in [1.165, 1.54) is 6.26 Å². The van der Waals surface area contributed by atoms with Crippen molar-refractivity contribution in [3.05, 3.63) is 83.8 Å². The number of aromatic nitrogens is 1. The molecule has 0 radical (unpaired) electrons. The molecule has 2 aromatic heterocycles. The summed E-state index contributed by atoms with van der Waals surface area (Å²) in [6.07, 6.45) is -4.13. The third-order valence-corrected chi connectivity index (χ3v) is 4.86. The normalized spacial score (nSPS) is 13.1. The van der Waals surface area contributed by atoms with Crippen LogP contribution < -0.4 is 0 Å². The first kappa shape index (κ1) is 18.2. The predicted molar refractivity (Wildman–Crippen MR) is 101 cm³/mol. The number of furan rings is 1. The first-order chi connectivity index (χ1) is 13.3. The summed E-state index contributed by atoms with van der Waals surface area (Å²) in [4.78, 5) is 0. The Kier molecular flexibility index (Phi) is 4.41. The number of halogens is 3. The molecule has 0 bridgehead atoms. The number of hydrogen-bond donors (Lipinski definition) is 1. The van der Waals surface area contributed by atoms with Gasteiger partial charge in [-0.2, -0.15) is 17.9 Å². The number of aryl methyl sites for hydroxylation is 1. The van der Waals surface area contributed by atoms with E-state index >= 15 is 0 Å². The van der Waals surface area contributed by atoms with Crippen LogP contribution in [0.2, 0.25) is 0 Å². The Balaban J connectivity index is 2.06. The van der Waals surface area contributed by atoms with E-state index in [0.29, 0.717) is 27.7 Å². The molecule has 4 rings (SSSR count). The third kappa shape index (κ3) is 3.26. The van der Waals surface area contributed by atoms with Gasteiger partial charge in [0.15, 0.2) is 0 Å². The lowest BCUT2D eigenvalue weighted by atomic mass is 9.88. The lowest BCUT2D eigenvalue weighted by molar-refractivity contribution is -0.137. The first-order valence-electron chi connectivity index (χ1n) is 8.85. The molecule has 28 heavy (non-hydrogen) atoms. The van der Waals surface area contributed by atoms with Gasteiger partial charge in [-0.3, -0.25) is 0 Å². The van der Waals surface area contributed by atoms with E-state index < -0.39 is 18.5 Å². The summed E-state index contributed by atoms with van der Waals surface area (Å²) in [5.41, 5.74) is 2.74. The topological polar surface area (TPSA) is 38.3 Å². The largest absolute Gasteiger partial charge is 0.469 e. The van der Waals surface area contributed by atoms with Gasteiger partial charge in [0.2, 0.25) is 0 Å². The fourth-order valence-corrected chi connectivity index (χ4v) is 3.70. The van der Waals surface area contributed by atoms with Crippen LogP contribution >= 0.6 is 0 Å². The van der Waals surface area contributed by atoms with Gasteiger partial charge in [-0.1, -0.05) is 42.5 Å². The van der Waals surface area contributed by atoms with Crippen LogP contribution in [0.4, 0.5) is 13.2 Å². The minimum Gasteiger partial charge on any atom is -0.469 e. The van der Waals surface area contributed by atoms with Crippen LogP contribution in [0, 0.1) is 6.92 Å². The maximum absolute atomic E-state index is 13.5. The average Bonchev–Trinajstić information content (AvgIpc) is 3.27. The summed E-state index contributed by atoms with van der Waals surface area (Å²) in [5.74, 6) is -0.869. The zero-order valence-electron chi connectivity index (χ0n) is 15.1. The monoisotopic (exact) mass is 385 g/mol. The molecule has 1 unspecified atom stereocenters. The van der Waals surface area contributed by atoms with Gasteiger partial charge in [-0.05, 0) is 30.7 Å². The SMILES string of the molecule is Cc1ccc2c(C(CC(F)(F)F)c3ccco3)c(-c3ccccc3)n(O)c2c1. The number of benzene rings is 2. The number of alkyl halides is 3. The van der Waals surface area contributed by atoms with Gasteiger partial charge in [0.1, 0.15) is 5.76 Å². The zero-order valence-corrected chi connectivity index (χ0v) is 15.1. The van der Waals surface area contributed by atoms with Crippen molar-refractivity contribution < 1.29 is 22.8 Å². The van der Waals surface area contributed by atoms with Crippen molar-refractivity contribution >= 4 is 10.9 Å². The molecule has 0 aliphatic heterocycles. The molecule has 0 aliphatic carbocycles. The highest BCUT2D eigenvalue weighted by Crippen LogP contribution is 2.45. The molecule has 0 fully saturated rings. The van der Waals surface area contributed by atoms with E-state index in [4.69, 9.17) is 4.42 Å². The lowest BCUT2D eigenvalue weighted by Crippen LogP contribution is -2.15. The number of hydrogen-bond acceptors (Lipinski definition) is 2. The van der Waals surface area contributed by atoms with Gasteiger partial charge >= 0.3 is 6.18 Å². The van der Waals surface area contributed by atoms with Crippen molar-refractivity contribution in [1.82, 2.24) is 4.73 Å². The fourth-order valence-electron chi connectivity index (χ4n) is 3.70. The highest BCUT2D eigenvalue weighted by molar-refractivity contribution is 5.93. The molecule has 144 valence electrons. The van der Waals surface area contributed by atoms with E-state index in [0.717, 1.165) is 10.3 Å². The minimum absolute atomic E-state index is 0.211. The Morgan fingerprint density at radius 3 is 2.43 bits per heavy atom. The highest BCUT2D eigenvalue weighted by Gasteiger charge is 2.38. The van der Waals surface area contributed by atoms with Gasteiger partial charge in [-0.15, -0.1) is 0 Å². The average molecular weight is 385 g/mol. The van der Waals surface area contributed by atoms with Crippen molar-refractivity contribution in [3.63, 3.8) is 0 Å². The first-order valence-corrected chi connectivity index (χ1v) is 8.85. The molecule has 2 aromatic carbocycles. The lowest BCUT2D eigenvalue weighted by Gasteiger charge is -2.19. The number of fused-ring (bicyclic) bond motifs is 1. The minimum atomic E-state index is -4.40. The fraction of sp³-hybridized carbons (Fsp3) is 0.182. The van der Waals surface area contributed by atoms with E-state index in [1.54, 1.807) is 48.5 Å². The van der Waals surface area contributed by atoms with Gasteiger partial charge < -0.3 is 9.62 Å². The quantitative estimate of drug-likeness (QED) is 0.406. The van der Waals surface area contributed by atoms with Crippen molar-refractivity contribution in [2.24, 2.45) is 0 Å². The number of nitrogens with zero attached hydrogens (tertiary/aromatic N) is 1. The summed E-state index contributed by atoms with van der Waals surface area (Å²) in [6.45, 7) is 1.87. The van der Waals surface area contributed by atoms with Gasteiger partial charge in [0.25, 0.3) is 0 Å². The molecule has 4 aromatic rings. The van der Waals surface area contributed by atoms with Crippen LogP contribution in [0.5, 0.6) is 0 Å². The molecule has 1 N–H and O–H groups in total. The maximum Gasteiger partial charge on any atom is 0.390 e. The second-order valence-corrected chi connectivity index (χ2v) is 6.85. The molecule has 1 atom stereocenters. The molecular weight excluding hydrogens is 367 g/mol. The Hall–Kier alpha value is -3.15. The molecule has 0 spiro atoms. The van der Waals surface area contributed by atoms with Crippen molar-refractivity contribution in [3.8, 4) is 11.3 Å². The third-order valence-electron chi connectivity index (χ3n) is 4.86. The van der Waals surface area contributed by atoms with Crippen LogP contribution in [0.25, 0.3) is 22.2 Å². The smallest absolute Gasteiger partial charge is 0.390 e. The van der Waals surface area contributed by atoms with Crippen LogP contribution in [0.1, 0.15) is 29.2 Å². The Bertz CT molecular complexity index is 1100. The van der Waals surface area contributed by atoms with E-state index in [-0.39, 0.29) is 5.76 Å². The molecule has 3 nitrogen and oxygen atoms in total. The van der Waals surface area contributed by atoms with E-state index in [9.17, 15) is 18.4 Å². The number of rotatable bonds is 4. The second kappa shape index (κ2) is 6.78. The molecule has 0 amide bonds.